The normalized spacial score (nSPS) is 11.5. The minimum Gasteiger partial charge on any atom is -0.328 e. The molecule has 0 unspecified atom stereocenters. The summed E-state index contributed by atoms with van der Waals surface area (Å²) >= 11 is 5.98. The lowest BCUT2D eigenvalue weighted by Crippen LogP contribution is -2.22. The molecule has 2 aromatic carbocycles. The van der Waals surface area contributed by atoms with Crippen molar-refractivity contribution in [2.24, 2.45) is 4.99 Å². The number of halogens is 2. The van der Waals surface area contributed by atoms with E-state index in [1.54, 1.807) is 12.1 Å². The highest BCUT2D eigenvalue weighted by atomic mass is 35.5. The summed E-state index contributed by atoms with van der Waals surface area (Å²) in [4.78, 5) is 16.4. The first-order chi connectivity index (χ1) is 12.1. The highest BCUT2D eigenvalue weighted by Gasteiger charge is 2.11. The SMILES string of the molecule is O=C(Cc1c(F)cccc1Cl)N=c1ccccn1Cc1ccccc1. The largest absolute Gasteiger partial charge is 0.328 e. The minimum atomic E-state index is -0.499. The fourth-order valence-corrected chi connectivity index (χ4v) is 2.73. The van der Waals surface area contributed by atoms with E-state index in [1.807, 2.05) is 53.2 Å². The molecule has 0 aliphatic carbocycles. The van der Waals surface area contributed by atoms with Crippen LogP contribution >= 0.6 is 11.6 Å². The van der Waals surface area contributed by atoms with Crippen molar-refractivity contribution in [3.05, 3.63) is 100 Å². The van der Waals surface area contributed by atoms with Crippen LogP contribution in [0, 0.1) is 5.82 Å². The van der Waals surface area contributed by atoms with Crippen LogP contribution in [0.25, 0.3) is 0 Å². The Labute approximate surface area is 150 Å². The molecule has 0 bridgehead atoms. The third kappa shape index (κ3) is 4.43. The number of carbonyl (C=O) groups is 1. The predicted molar refractivity (Wildman–Crippen MR) is 95.7 cm³/mol. The summed E-state index contributed by atoms with van der Waals surface area (Å²) in [5.41, 5.74) is 1.78. The van der Waals surface area contributed by atoms with Crippen molar-refractivity contribution in [1.29, 1.82) is 0 Å². The lowest BCUT2D eigenvalue weighted by Gasteiger charge is -2.07. The van der Waals surface area contributed by atoms with Gasteiger partial charge in [0.2, 0.25) is 0 Å². The van der Waals surface area contributed by atoms with Crippen LogP contribution in [0.15, 0.2) is 77.9 Å². The second-order valence-corrected chi connectivity index (χ2v) is 5.96. The average molecular weight is 355 g/mol. The second-order valence-electron chi connectivity index (χ2n) is 5.55. The Bertz CT molecular complexity index is 931. The van der Waals surface area contributed by atoms with Gasteiger partial charge in [0, 0.05) is 23.3 Å². The lowest BCUT2D eigenvalue weighted by atomic mass is 10.1. The molecule has 3 rings (SSSR count). The van der Waals surface area contributed by atoms with Gasteiger partial charge in [-0.1, -0.05) is 54.1 Å². The van der Waals surface area contributed by atoms with Gasteiger partial charge in [-0.15, -0.1) is 0 Å². The van der Waals surface area contributed by atoms with Crippen LogP contribution < -0.4 is 5.49 Å². The average Bonchev–Trinajstić information content (AvgIpc) is 2.61. The Morgan fingerprint density at radius 3 is 2.52 bits per heavy atom. The van der Waals surface area contributed by atoms with Crippen molar-refractivity contribution in [2.45, 2.75) is 13.0 Å². The number of hydrogen-bond donors (Lipinski definition) is 0. The molecule has 1 amide bonds. The molecule has 0 N–H and O–H groups in total. The molecule has 0 saturated carbocycles. The van der Waals surface area contributed by atoms with Gasteiger partial charge in [-0.25, -0.2) is 4.39 Å². The molecule has 0 radical (unpaired) electrons. The number of hydrogen-bond acceptors (Lipinski definition) is 1. The number of benzene rings is 2. The molecule has 0 atom stereocenters. The maximum Gasteiger partial charge on any atom is 0.252 e. The Hall–Kier alpha value is -2.72. The zero-order chi connectivity index (χ0) is 17.6. The van der Waals surface area contributed by atoms with Crippen molar-refractivity contribution in [3.8, 4) is 0 Å². The van der Waals surface area contributed by atoms with Crippen molar-refractivity contribution >= 4 is 17.5 Å². The lowest BCUT2D eigenvalue weighted by molar-refractivity contribution is -0.117. The molecule has 5 heteroatoms. The van der Waals surface area contributed by atoms with Crippen molar-refractivity contribution in [3.63, 3.8) is 0 Å². The Balaban J connectivity index is 1.87. The van der Waals surface area contributed by atoms with Gasteiger partial charge < -0.3 is 4.57 Å². The fourth-order valence-electron chi connectivity index (χ4n) is 2.50. The maximum atomic E-state index is 13.8. The van der Waals surface area contributed by atoms with E-state index in [4.69, 9.17) is 11.6 Å². The molecular formula is C20H16ClFN2O. The third-order valence-electron chi connectivity index (χ3n) is 3.74. The first-order valence-corrected chi connectivity index (χ1v) is 8.21. The molecule has 0 saturated heterocycles. The van der Waals surface area contributed by atoms with Crippen LogP contribution in [0.2, 0.25) is 5.02 Å². The van der Waals surface area contributed by atoms with Crippen LogP contribution in [0.3, 0.4) is 0 Å². The van der Waals surface area contributed by atoms with Crippen LogP contribution in [0.5, 0.6) is 0 Å². The van der Waals surface area contributed by atoms with Gasteiger partial charge in [-0.3, -0.25) is 4.79 Å². The van der Waals surface area contributed by atoms with Gasteiger partial charge in [0.1, 0.15) is 11.3 Å². The van der Waals surface area contributed by atoms with Gasteiger partial charge >= 0.3 is 0 Å². The van der Waals surface area contributed by atoms with Crippen molar-refractivity contribution in [1.82, 2.24) is 4.57 Å². The summed E-state index contributed by atoms with van der Waals surface area (Å²) in [6.07, 6.45) is 1.68. The van der Waals surface area contributed by atoms with E-state index in [0.29, 0.717) is 12.0 Å². The molecule has 25 heavy (non-hydrogen) atoms. The predicted octanol–water partition coefficient (Wildman–Crippen LogP) is 4.00. The summed E-state index contributed by atoms with van der Waals surface area (Å²) < 4.78 is 15.7. The molecule has 3 nitrogen and oxygen atoms in total. The Morgan fingerprint density at radius 2 is 1.76 bits per heavy atom. The summed E-state index contributed by atoms with van der Waals surface area (Å²) in [6.45, 7) is 0.592. The Kier molecular flexibility index (Phi) is 5.41. The molecule has 3 aromatic rings. The van der Waals surface area contributed by atoms with E-state index >= 15 is 0 Å². The quantitative estimate of drug-likeness (QED) is 0.697. The Morgan fingerprint density at radius 1 is 1.00 bits per heavy atom. The van der Waals surface area contributed by atoms with E-state index in [2.05, 4.69) is 4.99 Å². The second kappa shape index (κ2) is 7.90. The fraction of sp³-hybridized carbons (Fsp3) is 0.100. The number of carbonyl (C=O) groups excluding carboxylic acids is 1. The van der Waals surface area contributed by atoms with Crippen LogP contribution in [-0.4, -0.2) is 10.5 Å². The smallest absolute Gasteiger partial charge is 0.252 e. The summed E-state index contributed by atoms with van der Waals surface area (Å²) in [6, 6.07) is 19.7. The number of aromatic nitrogens is 1. The zero-order valence-corrected chi connectivity index (χ0v) is 14.2. The highest BCUT2D eigenvalue weighted by Crippen LogP contribution is 2.19. The van der Waals surface area contributed by atoms with E-state index in [-0.39, 0.29) is 17.0 Å². The zero-order valence-electron chi connectivity index (χ0n) is 13.4. The van der Waals surface area contributed by atoms with Crippen molar-refractivity contribution < 1.29 is 9.18 Å². The molecule has 1 heterocycles. The monoisotopic (exact) mass is 354 g/mol. The molecule has 0 aliphatic heterocycles. The van der Waals surface area contributed by atoms with Gasteiger partial charge in [0.15, 0.2) is 0 Å². The van der Waals surface area contributed by atoms with Crippen LogP contribution in [-0.2, 0) is 17.8 Å². The van der Waals surface area contributed by atoms with Gasteiger partial charge in [0.25, 0.3) is 5.91 Å². The number of pyridine rings is 1. The molecular weight excluding hydrogens is 339 g/mol. The first-order valence-electron chi connectivity index (χ1n) is 7.83. The first kappa shape index (κ1) is 17.1. The number of nitrogens with zero attached hydrogens (tertiary/aromatic N) is 2. The van der Waals surface area contributed by atoms with E-state index < -0.39 is 11.7 Å². The van der Waals surface area contributed by atoms with E-state index in [0.717, 1.165) is 5.56 Å². The summed E-state index contributed by atoms with van der Waals surface area (Å²) in [5, 5.41) is 0.230. The molecule has 1 aromatic heterocycles. The summed E-state index contributed by atoms with van der Waals surface area (Å²) in [5.74, 6) is -0.943. The van der Waals surface area contributed by atoms with Gasteiger partial charge in [0.05, 0.1) is 6.42 Å². The molecule has 126 valence electrons. The minimum absolute atomic E-state index is 0.170. The van der Waals surface area contributed by atoms with Crippen LogP contribution in [0.1, 0.15) is 11.1 Å². The van der Waals surface area contributed by atoms with E-state index in [9.17, 15) is 9.18 Å². The highest BCUT2D eigenvalue weighted by molar-refractivity contribution is 6.31. The van der Waals surface area contributed by atoms with Gasteiger partial charge in [-0.2, -0.15) is 4.99 Å². The molecule has 0 aliphatic rings. The van der Waals surface area contributed by atoms with Crippen LogP contribution in [0.4, 0.5) is 4.39 Å². The third-order valence-corrected chi connectivity index (χ3v) is 4.10. The summed E-state index contributed by atoms with van der Waals surface area (Å²) in [7, 11) is 0. The maximum absolute atomic E-state index is 13.8. The molecule has 0 spiro atoms. The standard InChI is InChI=1S/C20H16ClFN2O/c21-17-9-6-10-18(22)16(17)13-20(25)23-19-11-4-5-12-24(19)14-15-7-2-1-3-8-15/h1-12H,13-14H2. The molecule has 0 fully saturated rings. The topological polar surface area (TPSA) is 34.4 Å². The van der Waals surface area contributed by atoms with E-state index in [1.165, 1.54) is 12.1 Å². The number of amides is 1. The number of rotatable bonds is 4. The van der Waals surface area contributed by atoms with Gasteiger partial charge in [-0.05, 0) is 29.8 Å². The van der Waals surface area contributed by atoms with Crippen molar-refractivity contribution in [2.75, 3.05) is 0 Å².